The maximum absolute atomic E-state index is 5.34. The predicted molar refractivity (Wildman–Crippen MR) is 54.6 cm³/mol. The lowest BCUT2D eigenvalue weighted by Crippen LogP contribution is -2.23. The SMILES string of the molecule is NCCNCCCc1ccsc1. The second kappa shape index (κ2) is 6.17. The zero-order chi connectivity index (χ0) is 8.65. The lowest BCUT2D eigenvalue weighted by molar-refractivity contribution is 0.654. The molecular weight excluding hydrogens is 168 g/mol. The second-order valence-corrected chi connectivity index (χ2v) is 3.55. The molecule has 0 atom stereocenters. The van der Waals surface area contributed by atoms with Crippen molar-refractivity contribution in [1.29, 1.82) is 0 Å². The van der Waals surface area contributed by atoms with Crippen LogP contribution in [0, 0.1) is 0 Å². The molecule has 0 saturated heterocycles. The summed E-state index contributed by atoms with van der Waals surface area (Å²) in [6, 6.07) is 2.19. The molecule has 0 amide bonds. The molecule has 0 aromatic carbocycles. The van der Waals surface area contributed by atoms with Crippen LogP contribution in [0.5, 0.6) is 0 Å². The van der Waals surface area contributed by atoms with Gasteiger partial charge in [-0.3, -0.25) is 0 Å². The molecule has 1 aromatic rings. The number of nitrogens with two attached hydrogens (primary N) is 1. The summed E-state index contributed by atoms with van der Waals surface area (Å²) in [6.07, 6.45) is 2.39. The molecule has 0 aliphatic heterocycles. The molecule has 0 spiro atoms. The van der Waals surface area contributed by atoms with Gasteiger partial charge in [-0.15, -0.1) is 0 Å². The summed E-state index contributed by atoms with van der Waals surface area (Å²) in [5, 5.41) is 7.61. The van der Waals surface area contributed by atoms with E-state index < -0.39 is 0 Å². The highest BCUT2D eigenvalue weighted by Crippen LogP contribution is 2.07. The van der Waals surface area contributed by atoms with Gasteiger partial charge in [0.05, 0.1) is 0 Å². The Morgan fingerprint density at radius 2 is 2.33 bits per heavy atom. The Kier molecular flexibility index (Phi) is 4.99. The first-order chi connectivity index (χ1) is 5.93. The Hall–Kier alpha value is -0.380. The Morgan fingerprint density at radius 3 is 3.00 bits per heavy atom. The van der Waals surface area contributed by atoms with Crippen LogP contribution < -0.4 is 11.1 Å². The van der Waals surface area contributed by atoms with Crippen LogP contribution in [0.25, 0.3) is 0 Å². The number of rotatable bonds is 6. The van der Waals surface area contributed by atoms with Gasteiger partial charge in [-0.05, 0) is 41.8 Å². The predicted octanol–water partition coefficient (Wildman–Crippen LogP) is 1.23. The standard InChI is InChI=1S/C9H16N2S/c10-4-6-11-5-1-2-9-3-7-12-8-9/h3,7-8,11H,1-2,4-6,10H2. The Balaban J connectivity index is 1.96. The molecular formula is C9H16N2S. The van der Waals surface area contributed by atoms with Gasteiger partial charge in [-0.25, -0.2) is 0 Å². The second-order valence-electron chi connectivity index (χ2n) is 2.77. The van der Waals surface area contributed by atoms with Crippen molar-refractivity contribution >= 4 is 11.3 Å². The summed E-state index contributed by atoms with van der Waals surface area (Å²) in [6.45, 7) is 2.75. The van der Waals surface area contributed by atoms with E-state index in [4.69, 9.17) is 5.73 Å². The average molecular weight is 184 g/mol. The van der Waals surface area contributed by atoms with E-state index in [0.717, 1.165) is 19.6 Å². The van der Waals surface area contributed by atoms with Gasteiger partial charge in [-0.1, -0.05) is 0 Å². The molecule has 0 fully saturated rings. The lowest BCUT2D eigenvalue weighted by atomic mass is 10.2. The smallest absolute Gasteiger partial charge is 0.00745 e. The molecule has 1 aromatic heterocycles. The summed E-state index contributed by atoms with van der Waals surface area (Å²) in [4.78, 5) is 0. The minimum atomic E-state index is 0.735. The van der Waals surface area contributed by atoms with Gasteiger partial charge >= 0.3 is 0 Å². The van der Waals surface area contributed by atoms with E-state index in [0.29, 0.717) is 0 Å². The quantitative estimate of drug-likeness (QED) is 0.653. The zero-order valence-corrected chi connectivity index (χ0v) is 8.07. The fourth-order valence-corrected chi connectivity index (χ4v) is 1.78. The molecule has 0 aliphatic rings. The number of nitrogens with one attached hydrogen (secondary N) is 1. The normalized spacial score (nSPS) is 10.4. The van der Waals surface area contributed by atoms with Crippen molar-refractivity contribution in [2.24, 2.45) is 5.73 Å². The largest absolute Gasteiger partial charge is 0.329 e. The Bertz CT molecular complexity index is 184. The minimum Gasteiger partial charge on any atom is -0.329 e. The Labute approximate surface area is 77.8 Å². The number of hydrogen-bond donors (Lipinski definition) is 2. The van der Waals surface area contributed by atoms with Gasteiger partial charge < -0.3 is 11.1 Å². The number of hydrogen-bond acceptors (Lipinski definition) is 3. The van der Waals surface area contributed by atoms with E-state index in [9.17, 15) is 0 Å². The first-order valence-electron chi connectivity index (χ1n) is 4.35. The molecule has 12 heavy (non-hydrogen) atoms. The molecule has 2 nitrogen and oxygen atoms in total. The van der Waals surface area contributed by atoms with Crippen LogP contribution in [0.3, 0.4) is 0 Å². The molecule has 0 radical (unpaired) electrons. The molecule has 0 bridgehead atoms. The van der Waals surface area contributed by atoms with E-state index >= 15 is 0 Å². The van der Waals surface area contributed by atoms with Crippen LogP contribution in [-0.2, 0) is 6.42 Å². The fraction of sp³-hybridized carbons (Fsp3) is 0.556. The van der Waals surface area contributed by atoms with E-state index in [1.165, 1.54) is 18.4 Å². The van der Waals surface area contributed by atoms with Gasteiger partial charge in [0.15, 0.2) is 0 Å². The third kappa shape index (κ3) is 3.85. The van der Waals surface area contributed by atoms with Crippen LogP contribution in [0.15, 0.2) is 16.8 Å². The van der Waals surface area contributed by atoms with Crippen LogP contribution in [0.2, 0.25) is 0 Å². The van der Waals surface area contributed by atoms with Gasteiger partial charge in [0.2, 0.25) is 0 Å². The summed E-state index contributed by atoms with van der Waals surface area (Å²) in [5.74, 6) is 0. The van der Waals surface area contributed by atoms with Crippen molar-refractivity contribution in [2.45, 2.75) is 12.8 Å². The summed E-state index contributed by atoms with van der Waals surface area (Å²) in [7, 11) is 0. The Morgan fingerprint density at radius 1 is 1.42 bits per heavy atom. The molecule has 0 unspecified atom stereocenters. The first kappa shape index (κ1) is 9.71. The van der Waals surface area contributed by atoms with Crippen molar-refractivity contribution in [3.8, 4) is 0 Å². The summed E-state index contributed by atoms with van der Waals surface area (Å²) < 4.78 is 0. The molecule has 3 heteroatoms. The molecule has 0 aliphatic carbocycles. The third-order valence-corrected chi connectivity index (χ3v) is 2.45. The third-order valence-electron chi connectivity index (χ3n) is 1.72. The molecule has 68 valence electrons. The van der Waals surface area contributed by atoms with Crippen LogP contribution in [0.1, 0.15) is 12.0 Å². The van der Waals surface area contributed by atoms with Crippen LogP contribution >= 0.6 is 11.3 Å². The van der Waals surface area contributed by atoms with E-state index in [1.54, 1.807) is 11.3 Å². The average Bonchev–Trinajstić information content (AvgIpc) is 2.57. The zero-order valence-electron chi connectivity index (χ0n) is 7.25. The van der Waals surface area contributed by atoms with Crippen molar-refractivity contribution in [3.05, 3.63) is 22.4 Å². The van der Waals surface area contributed by atoms with Crippen molar-refractivity contribution in [3.63, 3.8) is 0 Å². The molecule has 1 heterocycles. The van der Waals surface area contributed by atoms with Crippen molar-refractivity contribution < 1.29 is 0 Å². The van der Waals surface area contributed by atoms with Gasteiger partial charge in [-0.2, -0.15) is 11.3 Å². The van der Waals surface area contributed by atoms with Crippen molar-refractivity contribution in [2.75, 3.05) is 19.6 Å². The highest BCUT2D eigenvalue weighted by molar-refractivity contribution is 7.07. The minimum absolute atomic E-state index is 0.735. The van der Waals surface area contributed by atoms with E-state index in [1.807, 2.05) is 0 Å². The topological polar surface area (TPSA) is 38.0 Å². The van der Waals surface area contributed by atoms with Gasteiger partial charge in [0.25, 0.3) is 0 Å². The van der Waals surface area contributed by atoms with Crippen LogP contribution in [-0.4, -0.2) is 19.6 Å². The molecule has 1 rings (SSSR count). The van der Waals surface area contributed by atoms with Crippen LogP contribution in [0.4, 0.5) is 0 Å². The van der Waals surface area contributed by atoms with Gasteiger partial charge in [0, 0.05) is 13.1 Å². The van der Waals surface area contributed by atoms with Gasteiger partial charge in [0.1, 0.15) is 0 Å². The monoisotopic (exact) mass is 184 g/mol. The lowest BCUT2D eigenvalue weighted by Gasteiger charge is -2.00. The highest BCUT2D eigenvalue weighted by atomic mass is 32.1. The number of thiophene rings is 1. The summed E-state index contributed by atoms with van der Waals surface area (Å²) >= 11 is 1.77. The van der Waals surface area contributed by atoms with Crippen molar-refractivity contribution in [1.82, 2.24) is 5.32 Å². The first-order valence-corrected chi connectivity index (χ1v) is 5.29. The number of aryl methyl sites for hydroxylation is 1. The maximum Gasteiger partial charge on any atom is 0.00745 e. The molecule has 3 N–H and O–H groups in total. The molecule has 0 saturated carbocycles. The fourth-order valence-electron chi connectivity index (χ4n) is 1.08. The highest BCUT2D eigenvalue weighted by Gasteiger charge is 1.91. The summed E-state index contributed by atoms with van der Waals surface area (Å²) in [5.41, 5.74) is 6.80. The van der Waals surface area contributed by atoms with E-state index in [2.05, 4.69) is 22.1 Å². The maximum atomic E-state index is 5.34. The van der Waals surface area contributed by atoms with E-state index in [-0.39, 0.29) is 0 Å².